The van der Waals surface area contributed by atoms with E-state index in [0.717, 1.165) is 17.1 Å². The number of aliphatic hydroxyl groups excluding tert-OH is 1. The van der Waals surface area contributed by atoms with Gasteiger partial charge < -0.3 is 15.0 Å². The number of hydrogen-bond acceptors (Lipinski definition) is 9. The Labute approximate surface area is 158 Å². The Morgan fingerprint density at radius 2 is 2.04 bits per heavy atom. The van der Waals surface area contributed by atoms with Gasteiger partial charge in [-0.15, -0.1) is 0 Å². The summed E-state index contributed by atoms with van der Waals surface area (Å²) in [6.07, 6.45) is 9.12. The Kier molecular flexibility index (Phi) is 4.97. The predicted octanol–water partition coefficient (Wildman–Crippen LogP) is 1.50. The van der Waals surface area contributed by atoms with Crippen molar-refractivity contribution in [3.63, 3.8) is 0 Å². The number of anilines is 3. The summed E-state index contributed by atoms with van der Waals surface area (Å²) in [6, 6.07) is 1.87. The summed E-state index contributed by atoms with van der Waals surface area (Å²) in [5.41, 5.74) is 1.42. The molecule has 0 saturated heterocycles. The van der Waals surface area contributed by atoms with Crippen LogP contribution in [0.3, 0.4) is 0 Å². The van der Waals surface area contributed by atoms with Gasteiger partial charge in [0, 0.05) is 43.3 Å². The third-order valence-electron chi connectivity index (χ3n) is 3.90. The van der Waals surface area contributed by atoms with Crippen LogP contribution in [0.25, 0.3) is 11.0 Å². The van der Waals surface area contributed by atoms with Gasteiger partial charge in [0.2, 0.25) is 11.9 Å². The van der Waals surface area contributed by atoms with E-state index in [0.29, 0.717) is 24.7 Å². The smallest absolute Gasteiger partial charge is 0.231 e. The van der Waals surface area contributed by atoms with E-state index in [1.54, 1.807) is 29.4 Å². The molecule has 28 heavy (non-hydrogen) atoms. The molecule has 0 aliphatic heterocycles. The van der Waals surface area contributed by atoms with Crippen molar-refractivity contribution in [2.45, 2.75) is 13.1 Å². The van der Waals surface area contributed by atoms with Crippen molar-refractivity contribution in [3.05, 3.63) is 54.8 Å². The molecule has 0 unspecified atom stereocenters. The van der Waals surface area contributed by atoms with Crippen molar-refractivity contribution in [3.8, 4) is 0 Å². The highest BCUT2D eigenvalue weighted by Crippen LogP contribution is 2.17. The first-order valence-corrected chi connectivity index (χ1v) is 8.43. The normalized spacial score (nSPS) is 10.9. The number of nitrogens with one attached hydrogen (secondary N) is 2. The van der Waals surface area contributed by atoms with Crippen LogP contribution in [-0.4, -0.2) is 46.2 Å². The number of imidazole rings is 1. The molecule has 0 saturated carbocycles. The molecule has 0 aromatic carbocycles. The molecule has 4 aromatic rings. The minimum absolute atomic E-state index is 0.0348. The fourth-order valence-electron chi connectivity index (χ4n) is 2.58. The van der Waals surface area contributed by atoms with Crippen LogP contribution in [-0.2, 0) is 13.1 Å². The number of fused-ring (bicyclic) bond motifs is 1. The molecule has 0 bridgehead atoms. The van der Waals surface area contributed by atoms with Gasteiger partial charge in [-0.05, 0) is 11.6 Å². The van der Waals surface area contributed by atoms with Crippen LogP contribution in [0.4, 0.5) is 22.1 Å². The minimum Gasteiger partial charge on any atom is -0.395 e. The number of hydrogen-bond donors (Lipinski definition) is 3. The maximum absolute atomic E-state index is 14.1. The van der Waals surface area contributed by atoms with Crippen molar-refractivity contribution in [1.29, 1.82) is 0 Å². The summed E-state index contributed by atoms with van der Waals surface area (Å²) < 4.78 is 15.8. The van der Waals surface area contributed by atoms with E-state index in [9.17, 15) is 4.39 Å². The number of pyridine rings is 1. The standard InChI is InChI=1S/C17H16FN9O/c18-13-9-23-16(26-17-20-1-2-27(17)3-4-28)25-15(13)22-7-11-5-12-8-19-10-24-14(12)21-6-11/h1-2,5-6,8-10,28H,3-4,7H2,(H2,20,22,23,25,26). The number of rotatable bonds is 7. The minimum atomic E-state index is -0.582. The number of nitrogens with zero attached hydrogens (tertiary/aromatic N) is 7. The maximum atomic E-state index is 14.1. The monoisotopic (exact) mass is 381 g/mol. The molecular formula is C17H16FN9O. The van der Waals surface area contributed by atoms with E-state index >= 15 is 0 Å². The lowest BCUT2D eigenvalue weighted by molar-refractivity contribution is 0.277. The topological polar surface area (TPSA) is 127 Å². The number of aromatic nitrogens is 7. The zero-order chi connectivity index (χ0) is 19.3. The molecule has 0 atom stereocenters. The van der Waals surface area contributed by atoms with Crippen molar-refractivity contribution in [2.24, 2.45) is 0 Å². The van der Waals surface area contributed by atoms with Gasteiger partial charge in [0.05, 0.1) is 12.8 Å². The first kappa shape index (κ1) is 17.7. The summed E-state index contributed by atoms with van der Waals surface area (Å²) in [7, 11) is 0. The lowest BCUT2D eigenvalue weighted by atomic mass is 10.2. The molecule has 4 aromatic heterocycles. The molecule has 0 radical (unpaired) electrons. The molecule has 0 spiro atoms. The largest absolute Gasteiger partial charge is 0.395 e. The highest BCUT2D eigenvalue weighted by Gasteiger charge is 2.10. The highest BCUT2D eigenvalue weighted by atomic mass is 19.1. The van der Waals surface area contributed by atoms with Crippen LogP contribution in [0.1, 0.15) is 5.56 Å². The van der Waals surface area contributed by atoms with E-state index in [4.69, 9.17) is 5.11 Å². The average Bonchev–Trinajstić information content (AvgIpc) is 3.15. The van der Waals surface area contributed by atoms with E-state index in [1.165, 1.54) is 6.33 Å². The zero-order valence-corrected chi connectivity index (χ0v) is 14.6. The third kappa shape index (κ3) is 3.83. The maximum Gasteiger partial charge on any atom is 0.231 e. The summed E-state index contributed by atoms with van der Waals surface area (Å²) in [6.45, 7) is 0.643. The van der Waals surface area contributed by atoms with Crippen LogP contribution >= 0.6 is 0 Å². The molecule has 4 rings (SSSR count). The quantitative estimate of drug-likeness (QED) is 0.436. The number of halogens is 1. The molecule has 3 N–H and O–H groups in total. The molecule has 142 valence electrons. The summed E-state index contributed by atoms with van der Waals surface area (Å²) in [5, 5.41) is 15.7. The molecule has 11 heteroatoms. The van der Waals surface area contributed by atoms with Gasteiger partial charge in [0.1, 0.15) is 6.33 Å². The van der Waals surface area contributed by atoms with Gasteiger partial charge in [-0.25, -0.2) is 29.3 Å². The van der Waals surface area contributed by atoms with E-state index in [2.05, 4.69) is 40.5 Å². The molecule has 0 amide bonds. The van der Waals surface area contributed by atoms with E-state index < -0.39 is 5.82 Å². The van der Waals surface area contributed by atoms with Crippen LogP contribution in [0.5, 0.6) is 0 Å². The second kappa shape index (κ2) is 7.88. The van der Waals surface area contributed by atoms with Crippen molar-refractivity contribution >= 4 is 28.7 Å². The van der Waals surface area contributed by atoms with Gasteiger partial charge in [-0.2, -0.15) is 4.98 Å². The van der Waals surface area contributed by atoms with Crippen molar-refractivity contribution < 1.29 is 9.50 Å². The fourth-order valence-corrected chi connectivity index (χ4v) is 2.58. The predicted molar refractivity (Wildman–Crippen MR) is 99.2 cm³/mol. The second-order valence-corrected chi connectivity index (χ2v) is 5.82. The summed E-state index contributed by atoms with van der Waals surface area (Å²) >= 11 is 0. The van der Waals surface area contributed by atoms with E-state index in [-0.39, 0.29) is 18.4 Å². The number of aliphatic hydroxyl groups is 1. The first-order chi connectivity index (χ1) is 13.7. The van der Waals surface area contributed by atoms with Gasteiger partial charge in [0.15, 0.2) is 17.3 Å². The Bertz CT molecular complexity index is 1100. The lowest BCUT2D eigenvalue weighted by Gasteiger charge is -2.10. The Balaban J connectivity index is 1.49. The highest BCUT2D eigenvalue weighted by molar-refractivity contribution is 5.73. The second-order valence-electron chi connectivity index (χ2n) is 5.82. The molecule has 0 fully saturated rings. The first-order valence-electron chi connectivity index (χ1n) is 8.43. The fraction of sp³-hybridized carbons (Fsp3) is 0.176. The Morgan fingerprint density at radius 1 is 1.11 bits per heavy atom. The lowest BCUT2D eigenvalue weighted by Crippen LogP contribution is -2.10. The molecule has 10 nitrogen and oxygen atoms in total. The van der Waals surface area contributed by atoms with Crippen LogP contribution in [0.2, 0.25) is 0 Å². The van der Waals surface area contributed by atoms with Crippen molar-refractivity contribution in [1.82, 2.24) is 34.5 Å². The third-order valence-corrected chi connectivity index (χ3v) is 3.90. The molecular weight excluding hydrogens is 365 g/mol. The van der Waals surface area contributed by atoms with Gasteiger partial charge >= 0.3 is 0 Å². The Morgan fingerprint density at radius 3 is 2.93 bits per heavy atom. The van der Waals surface area contributed by atoms with Crippen LogP contribution in [0.15, 0.2) is 43.4 Å². The summed E-state index contributed by atoms with van der Waals surface area (Å²) in [4.78, 5) is 24.5. The van der Waals surface area contributed by atoms with Gasteiger partial charge in [-0.1, -0.05) is 0 Å². The average molecular weight is 381 g/mol. The molecule has 0 aliphatic carbocycles. The molecule has 4 heterocycles. The molecule has 0 aliphatic rings. The van der Waals surface area contributed by atoms with Crippen LogP contribution < -0.4 is 10.6 Å². The van der Waals surface area contributed by atoms with Gasteiger partial charge in [0.25, 0.3) is 0 Å². The van der Waals surface area contributed by atoms with Crippen LogP contribution in [0, 0.1) is 5.82 Å². The zero-order valence-electron chi connectivity index (χ0n) is 14.6. The Hall–Kier alpha value is -3.73. The van der Waals surface area contributed by atoms with Gasteiger partial charge in [-0.3, -0.25) is 5.32 Å². The van der Waals surface area contributed by atoms with Crippen molar-refractivity contribution in [2.75, 3.05) is 17.2 Å². The summed E-state index contributed by atoms with van der Waals surface area (Å²) in [5.74, 6) is 0.0909. The SMILES string of the molecule is OCCn1ccnc1Nc1ncc(F)c(NCc2cnc3ncncc3c2)n1. The van der Waals surface area contributed by atoms with E-state index in [1.807, 2.05) is 6.07 Å².